The summed E-state index contributed by atoms with van der Waals surface area (Å²) < 4.78 is 0. The van der Waals surface area contributed by atoms with E-state index < -0.39 is 0 Å². The highest BCUT2D eigenvalue weighted by Gasteiger charge is 2.28. The van der Waals surface area contributed by atoms with Crippen LogP contribution in [0.15, 0.2) is 24.5 Å². The number of fused-ring (bicyclic) bond motifs is 1. The van der Waals surface area contributed by atoms with Crippen LogP contribution in [0.5, 0.6) is 0 Å². The van der Waals surface area contributed by atoms with Gasteiger partial charge in [-0.15, -0.1) is 11.6 Å². The number of carbonyl (C=O) groups excluding carboxylic acids is 1. The smallest absolute Gasteiger partial charge is 0.222 e. The monoisotopic (exact) mass is 277 g/mol. The van der Waals surface area contributed by atoms with Gasteiger partial charge in [0.2, 0.25) is 5.91 Å². The fraction of sp³-hybridized carbons (Fsp3) is 0.429. The molecule has 1 aromatic heterocycles. The number of hydrogen-bond donors (Lipinski definition) is 1. The van der Waals surface area contributed by atoms with E-state index in [1.807, 2.05) is 11.0 Å². The van der Waals surface area contributed by atoms with E-state index in [-0.39, 0.29) is 5.91 Å². The van der Waals surface area contributed by atoms with Crippen LogP contribution in [0, 0.1) is 5.92 Å². The highest BCUT2D eigenvalue weighted by atomic mass is 35.5. The molecule has 1 unspecified atom stereocenters. The SMILES string of the molecule is O=C1CC(CCl)CN1CCc1ccc2nc[nH]c2c1. The number of aromatic nitrogens is 2. The van der Waals surface area contributed by atoms with Gasteiger partial charge in [0.15, 0.2) is 0 Å². The van der Waals surface area contributed by atoms with Crippen molar-refractivity contribution in [2.24, 2.45) is 5.92 Å². The Hall–Kier alpha value is -1.55. The summed E-state index contributed by atoms with van der Waals surface area (Å²) in [5, 5.41) is 0. The summed E-state index contributed by atoms with van der Waals surface area (Å²) in [5.74, 6) is 1.13. The van der Waals surface area contributed by atoms with Crippen LogP contribution in [0.1, 0.15) is 12.0 Å². The number of hydrogen-bond acceptors (Lipinski definition) is 2. The van der Waals surface area contributed by atoms with Gasteiger partial charge in [0.1, 0.15) is 0 Å². The number of imidazole rings is 1. The van der Waals surface area contributed by atoms with Crippen LogP contribution in [0.2, 0.25) is 0 Å². The Morgan fingerprint density at radius 3 is 3.16 bits per heavy atom. The minimum Gasteiger partial charge on any atom is -0.345 e. The lowest BCUT2D eigenvalue weighted by molar-refractivity contribution is -0.127. The molecule has 100 valence electrons. The first-order valence-corrected chi connectivity index (χ1v) is 7.05. The maximum absolute atomic E-state index is 11.8. The van der Waals surface area contributed by atoms with E-state index in [0.717, 1.165) is 30.5 Å². The molecule has 2 aromatic rings. The molecule has 0 bridgehead atoms. The molecule has 1 aliphatic heterocycles. The molecule has 5 heteroatoms. The first kappa shape index (κ1) is 12.5. The second-order valence-electron chi connectivity index (χ2n) is 5.07. The molecule has 1 amide bonds. The number of halogens is 1. The second-order valence-corrected chi connectivity index (χ2v) is 5.38. The van der Waals surface area contributed by atoms with Crippen LogP contribution >= 0.6 is 11.6 Å². The minimum absolute atomic E-state index is 0.230. The highest BCUT2D eigenvalue weighted by molar-refractivity contribution is 6.18. The number of carbonyl (C=O) groups is 1. The molecule has 1 saturated heterocycles. The Morgan fingerprint density at radius 2 is 2.37 bits per heavy atom. The van der Waals surface area contributed by atoms with Crippen molar-refractivity contribution < 1.29 is 4.79 Å². The van der Waals surface area contributed by atoms with E-state index in [0.29, 0.717) is 18.2 Å². The average molecular weight is 278 g/mol. The zero-order valence-corrected chi connectivity index (χ0v) is 11.4. The van der Waals surface area contributed by atoms with Gasteiger partial charge in [-0.2, -0.15) is 0 Å². The molecule has 4 nitrogen and oxygen atoms in total. The van der Waals surface area contributed by atoms with Crippen LogP contribution in [-0.4, -0.2) is 39.7 Å². The third-order valence-electron chi connectivity index (χ3n) is 3.67. The molecule has 1 fully saturated rings. The molecule has 1 atom stereocenters. The number of H-pyrrole nitrogens is 1. The van der Waals surface area contributed by atoms with E-state index in [9.17, 15) is 4.79 Å². The Balaban J connectivity index is 1.64. The minimum atomic E-state index is 0.230. The van der Waals surface area contributed by atoms with E-state index >= 15 is 0 Å². The number of benzene rings is 1. The van der Waals surface area contributed by atoms with E-state index in [1.165, 1.54) is 5.56 Å². The fourth-order valence-electron chi connectivity index (χ4n) is 2.58. The summed E-state index contributed by atoms with van der Waals surface area (Å²) in [6.45, 7) is 1.57. The molecular weight excluding hydrogens is 262 g/mol. The van der Waals surface area contributed by atoms with Crippen molar-refractivity contribution in [3.05, 3.63) is 30.1 Å². The van der Waals surface area contributed by atoms with Crippen molar-refractivity contribution in [1.82, 2.24) is 14.9 Å². The summed E-state index contributed by atoms with van der Waals surface area (Å²) in [5.41, 5.74) is 3.24. The third-order valence-corrected chi connectivity index (χ3v) is 4.10. The molecule has 0 spiro atoms. The van der Waals surface area contributed by atoms with E-state index in [2.05, 4.69) is 22.1 Å². The van der Waals surface area contributed by atoms with Gasteiger partial charge in [-0.1, -0.05) is 6.07 Å². The molecule has 2 heterocycles. The van der Waals surface area contributed by atoms with Gasteiger partial charge in [0.05, 0.1) is 17.4 Å². The lowest BCUT2D eigenvalue weighted by Gasteiger charge is -2.16. The van der Waals surface area contributed by atoms with Crippen molar-refractivity contribution in [3.8, 4) is 0 Å². The summed E-state index contributed by atoms with van der Waals surface area (Å²) in [6, 6.07) is 6.18. The lowest BCUT2D eigenvalue weighted by Crippen LogP contribution is -2.27. The average Bonchev–Trinajstić information content (AvgIpc) is 3.02. The molecule has 0 saturated carbocycles. The number of alkyl halides is 1. The van der Waals surface area contributed by atoms with Gasteiger partial charge in [-0.05, 0) is 30.0 Å². The molecular formula is C14H16ClN3O. The topological polar surface area (TPSA) is 49.0 Å². The first-order chi connectivity index (χ1) is 9.26. The van der Waals surface area contributed by atoms with Crippen molar-refractivity contribution in [3.63, 3.8) is 0 Å². The summed E-state index contributed by atoms with van der Waals surface area (Å²) in [7, 11) is 0. The highest BCUT2D eigenvalue weighted by Crippen LogP contribution is 2.19. The fourth-order valence-corrected chi connectivity index (χ4v) is 2.78. The Morgan fingerprint density at radius 1 is 1.47 bits per heavy atom. The number of nitrogens with one attached hydrogen (secondary N) is 1. The largest absolute Gasteiger partial charge is 0.345 e. The van der Waals surface area contributed by atoms with Crippen molar-refractivity contribution >= 4 is 28.5 Å². The van der Waals surface area contributed by atoms with Gasteiger partial charge in [0.25, 0.3) is 0 Å². The van der Waals surface area contributed by atoms with Gasteiger partial charge in [0, 0.05) is 25.4 Å². The van der Waals surface area contributed by atoms with E-state index in [4.69, 9.17) is 11.6 Å². The third kappa shape index (κ3) is 2.59. The van der Waals surface area contributed by atoms with Crippen LogP contribution in [0.4, 0.5) is 0 Å². The Labute approximate surface area is 116 Å². The normalized spacial score (nSPS) is 19.5. The van der Waals surface area contributed by atoms with Crippen molar-refractivity contribution in [1.29, 1.82) is 0 Å². The number of likely N-dealkylation sites (tertiary alicyclic amines) is 1. The first-order valence-electron chi connectivity index (χ1n) is 6.52. The Bertz CT molecular complexity index is 595. The predicted octanol–water partition coefficient (Wildman–Crippen LogP) is 2.19. The number of rotatable bonds is 4. The van der Waals surface area contributed by atoms with Crippen molar-refractivity contribution in [2.45, 2.75) is 12.8 Å². The van der Waals surface area contributed by atoms with Crippen LogP contribution in [-0.2, 0) is 11.2 Å². The summed E-state index contributed by atoms with van der Waals surface area (Å²) >= 11 is 5.82. The summed E-state index contributed by atoms with van der Waals surface area (Å²) in [4.78, 5) is 21.0. The van der Waals surface area contributed by atoms with Gasteiger partial charge in [-0.3, -0.25) is 4.79 Å². The van der Waals surface area contributed by atoms with Gasteiger partial charge < -0.3 is 9.88 Å². The maximum Gasteiger partial charge on any atom is 0.222 e. The molecule has 3 rings (SSSR count). The predicted molar refractivity (Wildman–Crippen MR) is 75.2 cm³/mol. The van der Waals surface area contributed by atoms with Crippen LogP contribution in [0.25, 0.3) is 11.0 Å². The molecule has 1 aromatic carbocycles. The molecule has 1 N–H and O–H groups in total. The number of amides is 1. The zero-order valence-electron chi connectivity index (χ0n) is 10.6. The standard InChI is InChI=1S/C14H16ClN3O/c15-7-11-6-14(19)18(8-11)4-3-10-1-2-12-13(5-10)17-9-16-12/h1-2,5,9,11H,3-4,6-8H2,(H,16,17). The quantitative estimate of drug-likeness (QED) is 0.871. The molecule has 19 heavy (non-hydrogen) atoms. The Kier molecular flexibility index (Phi) is 3.42. The maximum atomic E-state index is 11.8. The number of aromatic amines is 1. The molecule has 0 radical (unpaired) electrons. The molecule has 0 aliphatic carbocycles. The number of nitrogens with zero attached hydrogens (tertiary/aromatic N) is 2. The summed E-state index contributed by atoms with van der Waals surface area (Å²) in [6.07, 6.45) is 3.17. The molecule has 1 aliphatic rings. The zero-order chi connectivity index (χ0) is 13.2. The van der Waals surface area contributed by atoms with Crippen molar-refractivity contribution in [2.75, 3.05) is 19.0 Å². The van der Waals surface area contributed by atoms with Gasteiger partial charge >= 0.3 is 0 Å². The van der Waals surface area contributed by atoms with Crippen LogP contribution < -0.4 is 0 Å². The van der Waals surface area contributed by atoms with E-state index in [1.54, 1.807) is 6.33 Å². The second kappa shape index (κ2) is 5.21. The van der Waals surface area contributed by atoms with Gasteiger partial charge in [-0.25, -0.2) is 4.98 Å². The van der Waals surface area contributed by atoms with Crippen LogP contribution in [0.3, 0.4) is 0 Å². The lowest BCUT2D eigenvalue weighted by atomic mass is 10.1.